The molecule has 2 aromatic carbocycles. The summed E-state index contributed by atoms with van der Waals surface area (Å²) in [6.45, 7) is 2.87. The molecule has 1 heterocycles. The van der Waals surface area contributed by atoms with Crippen molar-refractivity contribution >= 4 is 50.5 Å². The number of carbonyl (C=O) groups is 3. The zero-order valence-corrected chi connectivity index (χ0v) is 27.9. The fraction of sp³-hybridized carbons (Fsp3) is 0.438. The van der Waals surface area contributed by atoms with Crippen LogP contribution in [0.1, 0.15) is 73.7 Å². The second kappa shape index (κ2) is 15.8. The zero-order valence-electron chi connectivity index (χ0n) is 25.4. The number of amides is 2. The Morgan fingerprint density at radius 2 is 1.70 bits per heavy atom. The number of nitrogens with zero attached hydrogens (tertiary/aromatic N) is 2. The van der Waals surface area contributed by atoms with Crippen LogP contribution in [0, 0.1) is 5.92 Å². The molecule has 2 N–H and O–H groups in total. The predicted molar refractivity (Wildman–Crippen MR) is 177 cm³/mol. The van der Waals surface area contributed by atoms with Crippen molar-refractivity contribution in [3.8, 4) is 11.1 Å². The number of sulfonamides is 1. The van der Waals surface area contributed by atoms with E-state index in [-0.39, 0.29) is 4.90 Å². The number of hydrogen-bond acceptors (Lipinski definition) is 8. The van der Waals surface area contributed by atoms with Crippen molar-refractivity contribution in [2.45, 2.75) is 74.8 Å². The number of rotatable bonds is 13. The van der Waals surface area contributed by atoms with Gasteiger partial charge in [-0.25, -0.2) is 22.9 Å². The summed E-state index contributed by atoms with van der Waals surface area (Å²) in [6, 6.07) is 13.2. The van der Waals surface area contributed by atoms with Gasteiger partial charge in [0.25, 0.3) is 20.9 Å². The number of benzene rings is 2. The average molecular weight is 657 g/mol. The normalized spacial score (nSPS) is 13.9. The summed E-state index contributed by atoms with van der Waals surface area (Å²) < 4.78 is 30.6. The Kier molecular flexibility index (Phi) is 12.1. The molecular weight excluding hydrogens is 617 g/mol. The van der Waals surface area contributed by atoms with E-state index in [0.717, 1.165) is 61.7 Å². The molecule has 12 heteroatoms. The molecule has 4 rings (SSSR count). The van der Waals surface area contributed by atoms with Crippen LogP contribution in [0.2, 0.25) is 0 Å². The maximum absolute atomic E-state index is 13.3. The summed E-state index contributed by atoms with van der Waals surface area (Å²) >= 11 is 2.23. The molecule has 1 aliphatic rings. The highest BCUT2D eigenvalue weighted by atomic mass is 32.2. The van der Waals surface area contributed by atoms with Crippen LogP contribution in [0.15, 0.2) is 58.5 Å². The van der Waals surface area contributed by atoms with E-state index in [0.29, 0.717) is 47.3 Å². The number of ketones is 1. The third-order valence-electron chi connectivity index (χ3n) is 7.83. The first-order valence-corrected chi connectivity index (χ1v) is 18.9. The molecule has 0 radical (unpaired) electrons. The van der Waals surface area contributed by atoms with Crippen LogP contribution in [0.3, 0.4) is 0 Å². The van der Waals surface area contributed by atoms with Gasteiger partial charge in [0.2, 0.25) is 0 Å². The van der Waals surface area contributed by atoms with Crippen LogP contribution in [0.5, 0.6) is 0 Å². The van der Waals surface area contributed by atoms with E-state index in [1.54, 1.807) is 24.5 Å². The molecule has 1 saturated carbocycles. The van der Waals surface area contributed by atoms with Crippen LogP contribution in [-0.2, 0) is 27.8 Å². The van der Waals surface area contributed by atoms with Crippen molar-refractivity contribution in [3.63, 3.8) is 0 Å². The highest BCUT2D eigenvalue weighted by Gasteiger charge is 2.27. The molecule has 1 fully saturated rings. The number of aryl methyl sites for hydroxylation is 1. The van der Waals surface area contributed by atoms with E-state index in [1.807, 2.05) is 35.1 Å². The summed E-state index contributed by atoms with van der Waals surface area (Å²) in [5.41, 5.74) is 2.29. The number of hydrogen-bond donors (Lipinski definition) is 2. The first kappa shape index (κ1) is 33.8. The number of Topliss-reactive ketones (excluding diaryl/α,β-unsaturated/α-hetero) is 1. The number of thioether (sulfide) groups is 2. The van der Waals surface area contributed by atoms with Gasteiger partial charge in [0.05, 0.1) is 4.90 Å². The van der Waals surface area contributed by atoms with Crippen molar-refractivity contribution in [3.05, 3.63) is 65.6 Å². The Bertz CT molecular complexity index is 1580. The van der Waals surface area contributed by atoms with Crippen LogP contribution >= 0.6 is 23.5 Å². The lowest BCUT2D eigenvalue weighted by atomic mass is 9.89. The van der Waals surface area contributed by atoms with Crippen LogP contribution in [-0.4, -0.2) is 54.0 Å². The fourth-order valence-corrected chi connectivity index (χ4v) is 7.51. The Labute approximate surface area is 268 Å². The molecule has 0 saturated heterocycles. The van der Waals surface area contributed by atoms with Crippen molar-refractivity contribution in [2.75, 3.05) is 19.1 Å². The minimum absolute atomic E-state index is 0.00472. The van der Waals surface area contributed by atoms with E-state index in [4.69, 9.17) is 4.98 Å². The SMILES string of the molecule is CCCCc1nc(SC)c(C(=O)C(=O)SC)n1Cc1ccc(-c2ccccc2S(=O)(=O)NC(=O)NCC2CCCCC2)cc1. The van der Waals surface area contributed by atoms with Gasteiger partial charge in [-0.05, 0) is 54.9 Å². The lowest BCUT2D eigenvalue weighted by molar-refractivity contribution is -0.107. The van der Waals surface area contributed by atoms with E-state index < -0.39 is 27.0 Å². The highest BCUT2D eigenvalue weighted by Crippen LogP contribution is 2.29. The van der Waals surface area contributed by atoms with Gasteiger partial charge in [0, 0.05) is 25.1 Å². The molecule has 0 bridgehead atoms. The van der Waals surface area contributed by atoms with Crippen molar-refractivity contribution in [1.82, 2.24) is 19.6 Å². The number of urea groups is 1. The second-order valence-electron chi connectivity index (χ2n) is 10.9. The Morgan fingerprint density at radius 1 is 1.00 bits per heavy atom. The molecule has 0 spiro atoms. The lowest BCUT2D eigenvalue weighted by Gasteiger charge is -2.21. The summed E-state index contributed by atoms with van der Waals surface area (Å²) in [5, 5.41) is 2.73. The van der Waals surface area contributed by atoms with Gasteiger partial charge in [-0.1, -0.05) is 86.8 Å². The molecule has 2 amide bonds. The van der Waals surface area contributed by atoms with E-state index in [1.165, 1.54) is 24.2 Å². The Balaban J connectivity index is 1.56. The summed E-state index contributed by atoms with van der Waals surface area (Å²) in [4.78, 5) is 42.7. The van der Waals surface area contributed by atoms with Gasteiger partial charge in [-0.2, -0.15) is 0 Å². The van der Waals surface area contributed by atoms with Gasteiger partial charge in [-0.15, -0.1) is 11.8 Å². The maximum Gasteiger partial charge on any atom is 0.328 e. The lowest BCUT2D eigenvalue weighted by Crippen LogP contribution is -2.41. The van der Waals surface area contributed by atoms with E-state index in [2.05, 4.69) is 17.0 Å². The van der Waals surface area contributed by atoms with E-state index in [9.17, 15) is 22.8 Å². The Morgan fingerprint density at radius 3 is 2.36 bits per heavy atom. The molecule has 0 aliphatic heterocycles. The molecular formula is C32H40N4O5S3. The van der Waals surface area contributed by atoms with Crippen LogP contribution in [0.25, 0.3) is 11.1 Å². The summed E-state index contributed by atoms with van der Waals surface area (Å²) in [7, 11) is -4.14. The van der Waals surface area contributed by atoms with Gasteiger partial charge < -0.3 is 9.88 Å². The smallest absolute Gasteiger partial charge is 0.328 e. The van der Waals surface area contributed by atoms with Gasteiger partial charge in [0.15, 0.2) is 0 Å². The number of nitrogens with one attached hydrogen (secondary N) is 2. The first-order chi connectivity index (χ1) is 21.2. The summed E-state index contributed by atoms with van der Waals surface area (Å²) in [5.74, 6) is 0.561. The van der Waals surface area contributed by atoms with Crippen LogP contribution in [0.4, 0.5) is 4.79 Å². The molecule has 0 unspecified atom stereocenters. The third kappa shape index (κ3) is 8.33. The molecule has 3 aromatic rings. The Hall–Kier alpha value is -3.09. The maximum atomic E-state index is 13.3. The van der Waals surface area contributed by atoms with Crippen molar-refractivity contribution in [2.24, 2.45) is 5.92 Å². The van der Waals surface area contributed by atoms with E-state index >= 15 is 0 Å². The van der Waals surface area contributed by atoms with Gasteiger partial charge in [0.1, 0.15) is 16.5 Å². The largest absolute Gasteiger partial charge is 0.337 e. The molecule has 44 heavy (non-hydrogen) atoms. The number of unbranched alkanes of at least 4 members (excludes halogenated alkanes) is 1. The quantitative estimate of drug-likeness (QED) is 0.125. The fourth-order valence-electron chi connectivity index (χ4n) is 5.48. The molecule has 1 aromatic heterocycles. The highest BCUT2D eigenvalue weighted by molar-refractivity contribution is 8.14. The average Bonchev–Trinajstić information content (AvgIpc) is 3.39. The number of aromatic nitrogens is 2. The number of imidazole rings is 1. The molecule has 1 aliphatic carbocycles. The van der Waals surface area contributed by atoms with Crippen molar-refractivity contribution in [1.29, 1.82) is 0 Å². The van der Waals surface area contributed by atoms with Gasteiger partial charge >= 0.3 is 6.03 Å². The first-order valence-electron chi connectivity index (χ1n) is 14.9. The predicted octanol–water partition coefficient (Wildman–Crippen LogP) is 6.30. The topological polar surface area (TPSA) is 127 Å². The second-order valence-corrected chi connectivity index (χ2v) is 14.1. The monoisotopic (exact) mass is 656 g/mol. The van der Waals surface area contributed by atoms with Crippen molar-refractivity contribution < 1.29 is 22.8 Å². The minimum Gasteiger partial charge on any atom is -0.337 e. The van der Waals surface area contributed by atoms with Crippen LogP contribution < -0.4 is 10.0 Å². The minimum atomic E-state index is -4.14. The standard InChI is InChI=1S/C32H40N4O5S3/c1-4-5-15-27-34-30(42-2)28(29(37)31(38)43-3)36(27)21-23-16-18-24(19-17-23)25-13-9-10-14-26(25)44(40,41)35-32(39)33-20-22-11-7-6-8-12-22/h9-10,13-14,16-19,22H,4-8,11-12,15,20-21H2,1-3H3,(H2,33,35,39). The summed E-state index contributed by atoms with van der Waals surface area (Å²) in [6.07, 6.45) is 11.5. The zero-order chi connectivity index (χ0) is 31.7. The number of carbonyl (C=O) groups excluding carboxylic acids is 3. The molecule has 9 nitrogen and oxygen atoms in total. The molecule has 236 valence electrons. The van der Waals surface area contributed by atoms with Gasteiger partial charge in [-0.3, -0.25) is 9.59 Å². The third-order valence-corrected chi connectivity index (χ3v) is 10.4. The molecule has 0 atom stereocenters.